The van der Waals surface area contributed by atoms with Gasteiger partial charge in [-0.2, -0.15) is 0 Å². The Kier molecular flexibility index (Phi) is 4.32. The smallest absolute Gasteiger partial charge is 0.253 e. The largest absolute Gasteiger partial charge is 0.371 e. The summed E-state index contributed by atoms with van der Waals surface area (Å²) in [6.07, 6.45) is -1.36. The topological polar surface area (TPSA) is 49.3 Å². The van der Waals surface area contributed by atoms with Crippen molar-refractivity contribution in [1.82, 2.24) is 5.32 Å². The molecule has 0 heterocycles. The van der Waals surface area contributed by atoms with E-state index in [1.807, 2.05) is 0 Å². The summed E-state index contributed by atoms with van der Waals surface area (Å²) in [4.78, 5) is 10.2. The molecule has 6 heteroatoms. The zero-order valence-electron chi connectivity index (χ0n) is 7.45. The van der Waals surface area contributed by atoms with Gasteiger partial charge in [-0.1, -0.05) is 0 Å². The molecule has 0 spiro atoms. The zero-order valence-corrected chi connectivity index (χ0v) is 8.97. The van der Waals surface area contributed by atoms with Crippen LogP contribution in [0.5, 0.6) is 0 Å². The molecule has 1 atom stereocenters. The van der Waals surface area contributed by atoms with E-state index in [0.717, 1.165) is 12.1 Å². The highest BCUT2D eigenvalue weighted by Gasteiger charge is 2.16. The van der Waals surface area contributed by atoms with Crippen molar-refractivity contribution in [2.24, 2.45) is 0 Å². The van der Waals surface area contributed by atoms with E-state index in [-0.39, 0.29) is 5.56 Å². The van der Waals surface area contributed by atoms with E-state index < -0.39 is 22.8 Å². The summed E-state index contributed by atoms with van der Waals surface area (Å²) in [5, 5.41) is 11.3. The number of carbonyl (C=O) groups is 1. The minimum Gasteiger partial charge on any atom is -0.371 e. The monoisotopic (exact) mass is 251 g/mol. The van der Waals surface area contributed by atoms with Crippen molar-refractivity contribution >= 4 is 29.1 Å². The fourth-order valence-corrected chi connectivity index (χ4v) is 1.01. The summed E-state index contributed by atoms with van der Waals surface area (Å²) in [7, 11) is 0. The SMILES string of the molecule is O=C(NC(O)C(Cl)Cl)c1ccc(F)cc1. The van der Waals surface area contributed by atoms with Gasteiger partial charge < -0.3 is 10.4 Å². The van der Waals surface area contributed by atoms with Gasteiger partial charge in [-0.05, 0) is 24.3 Å². The molecular formula is C9H8Cl2FNO2. The van der Waals surface area contributed by atoms with E-state index in [1.165, 1.54) is 12.1 Å². The second kappa shape index (κ2) is 5.30. The van der Waals surface area contributed by atoms with Crippen molar-refractivity contribution < 1.29 is 14.3 Å². The van der Waals surface area contributed by atoms with Crippen molar-refractivity contribution in [3.63, 3.8) is 0 Å². The highest BCUT2D eigenvalue weighted by Crippen LogP contribution is 2.07. The van der Waals surface area contributed by atoms with Gasteiger partial charge in [-0.25, -0.2) is 4.39 Å². The molecule has 1 rings (SSSR count). The van der Waals surface area contributed by atoms with E-state index in [2.05, 4.69) is 5.32 Å². The lowest BCUT2D eigenvalue weighted by Crippen LogP contribution is -2.38. The van der Waals surface area contributed by atoms with Crippen molar-refractivity contribution in [3.8, 4) is 0 Å². The number of amides is 1. The van der Waals surface area contributed by atoms with Crippen LogP contribution in [0.25, 0.3) is 0 Å². The van der Waals surface area contributed by atoms with Crippen LogP contribution in [0.4, 0.5) is 4.39 Å². The van der Waals surface area contributed by atoms with Gasteiger partial charge in [-0.3, -0.25) is 4.79 Å². The Balaban J connectivity index is 2.65. The third-order valence-electron chi connectivity index (χ3n) is 1.62. The molecule has 1 amide bonds. The Hall–Kier alpha value is -0.840. The number of carbonyl (C=O) groups excluding carboxylic acids is 1. The summed E-state index contributed by atoms with van der Waals surface area (Å²) in [5.74, 6) is -1.02. The summed E-state index contributed by atoms with van der Waals surface area (Å²) in [6.45, 7) is 0. The average molecular weight is 252 g/mol. The molecule has 0 aliphatic carbocycles. The minimum atomic E-state index is -1.36. The number of nitrogens with one attached hydrogen (secondary N) is 1. The number of alkyl halides is 2. The van der Waals surface area contributed by atoms with E-state index in [9.17, 15) is 9.18 Å². The highest BCUT2D eigenvalue weighted by atomic mass is 35.5. The summed E-state index contributed by atoms with van der Waals surface area (Å²) in [6, 6.07) is 4.85. The lowest BCUT2D eigenvalue weighted by atomic mass is 10.2. The number of hydrogen-bond donors (Lipinski definition) is 2. The first-order valence-electron chi connectivity index (χ1n) is 4.03. The number of benzene rings is 1. The molecule has 0 saturated heterocycles. The molecule has 0 aliphatic heterocycles. The molecule has 15 heavy (non-hydrogen) atoms. The average Bonchev–Trinajstić information content (AvgIpc) is 2.18. The molecule has 1 unspecified atom stereocenters. The standard InChI is InChI=1S/C9H8Cl2FNO2/c10-7(11)9(15)13-8(14)5-1-3-6(12)4-2-5/h1-4,7,9,15H,(H,13,14). The summed E-state index contributed by atoms with van der Waals surface area (Å²) >= 11 is 10.7. The molecule has 1 aromatic rings. The van der Waals surface area contributed by atoms with Crippen LogP contribution in [0, 0.1) is 5.82 Å². The molecule has 0 bridgehead atoms. The molecule has 2 N–H and O–H groups in total. The van der Waals surface area contributed by atoms with Gasteiger partial charge in [0.15, 0.2) is 11.1 Å². The van der Waals surface area contributed by atoms with Crippen LogP contribution in [-0.4, -0.2) is 22.1 Å². The Bertz CT molecular complexity index is 342. The van der Waals surface area contributed by atoms with Crippen molar-refractivity contribution in [3.05, 3.63) is 35.6 Å². The van der Waals surface area contributed by atoms with Gasteiger partial charge in [0.2, 0.25) is 0 Å². The van der Waals surface area contributed by atoms with Gasteiger partial charge in [0.25, 0.3) is 5.91 Å². The molecule has 0 aromatic heterocycles. The van der Waals surface area contributed by atoms with Gasteiger partial charge >= 0.3 is 0 Å². The molecule has 0 saturated carbocycles. The normalized spacial score (nSPS) is 12.6. The van der Waals surface area contributed by atoms with Crippen LogP contribution < -0.4 is 5.32 Å². The van der Waals surface area contributed by atoms with Gasteiger partial charge in [0.1, 0.15) is 5.82 Å². The third-order valence-corrected chi connectivity index (χ3v) is 2.10. The van der Waals surface area contributed by atoms with Crippen LogP contribution in [0.3, 0.4) is 0 Å². The molecule has 0 radical (unpaired) electrons. The van der Waals surface area contributed by atoms with Crippen molar-refractivity contribution in [2.75, 3.05) is 0 Å². The van der Waals surface area contributed by atoms with Crippen LogP contribution in [-0.2, 0) is 0 Å². The maximum Gasteiger partial charge on any atom is 0.253 e. The Morgan fingerprint density at radius 3 is 2.33 bits per heavy atom. The number of aliphatic hydroxyl groups is 1. The maximum absolute atomic E-state index is 12.5. The number of halogens is 3. The first kappa shape index (κ1) is 12.2. The lowest BCUT2D eigenvalue weighted by molar-refractivity contribution is 0.0809. The summed E-state index contributed by atoms with van der Waals surface area (Å²) < 4.78 is 12.5. The molecule has 0 fully saturated rings. The van der Waals surface area contributed by atoms with E-state index in [1.54, 1.807) is 0 Å². The van der Waals surface area contributed by atoms with E-state index in [4.69, 9.17) is 28.3 Å². The van der Waals surface area contributed by atoms with Crippen LogP contribution in [0.2, 0.25) is 0 Å². The number of aliphatic hydroxyl groups excluding tert-OH is 1. The Labute approximate surface area is 95.8 Å². The quantitative estimate of drug-likeness (QED) is 0.635. The minimum absolute atomic E-state index is 0.212. The van der Waals surface area contributed by atoms with Crippen LogP contribution in [0.1, 0.15) is 10.4 Å². The zero-order chi connectivity index (χ0) is 11.4. The first-order valence-corrected chi connectivity index (χ1v) is 4.90. The highest BCUT2D eigenvalue weighted by molar-refractivity contribution is 6.44. The van der Waals surface area contributed by atoms with E-state index >= 15 is 0 Å². The van der Waals surface area contributed by atoms with Gasteiger partial charge in [0, 0.05) is 5.56 Å². The number of rotatable bonds is 3. The molecule has 1 aromatic carbocycles. The van der Waals surface area contributed by atoms with Crippen molar-refractivity contribution in [1.29, 1.82) is 0 Å². The van der Waals surface area contributed by atoms with Crippen LogP contribution >= 0.6 is 23.2 Å². The lowest BCUT2D eigenvalue weighted by Gasteiger charge is -2.13. The van der Waals surface area contributed by atoms with E-state index in [0.29, 0.717) is 0 Å². The number of hydrogen-bond acceptors (Lipinski definition) is 2. The fraction of sp³-hybridized carbons (Fsp3) is 0.222. The predicted molar refractivity (Wildman–Crippen MR) is 55.4 cm³/mol. The first-order chi connectivity index (χ1) is 7.00. The van der Waals surface area contributed by atoms with Crippen molar-refractivity contribution in [2.45, 2.75) is 11.1 Å². The Morgan fingerprint density at radius 1 is 1.33 bits per heavy atom. The molecule has 3 nitrogen and oxygen atoms in total. The Morgan fingerprint density at radius 2 is 1.87 bits per heavy atom. The molecular weight excluding hydrogens is 244 g/mol. The predicted octanol–water partition coefficient (Wildman–Crippen LogP) is 1.68. The maximum atomic E-state index is 12.5. The molecule has 0 aliphatic rings. The second-order valence-corrected chi connectivity index (χ2v) is 3.92. The van der Waals surface area contributed by atoms with Gasteiger partial charge in [-0.15, -0.1) is 23.2 Å². The summed E-state index contributed by atoms with van der Waals surface area (Å²) in [5.41, 5.74) is 0.212. The third kappa shape index (κ3) is 3.66. The fourth-order valence-electron chi connectivity index (χ4n) is 0.882. The second-order valence-electron chi connectivity index (χ2n) is 2.76. The molecule has 82 valence electrons. The van der Waals surface area contributed by atoms with Gasteiger partial charge in [0.05, 0.1) is 0 Å². The van der Waals surface area contributed by atoms with Crippen LogP contribution in [0.15, 0.2) is 24.3 Å².